The van der Waals surface area contributed by atoms with Crippen LogP contribution in [-0.4, -0.2) is 36.4 Å². The van der Waals surface area contributed by atoms with Gasteiger partial charge in [0.2, 0.25) is 0 Å². The van der Waals surface area contributed by atoms with Crippen LogP contribution in [0.2, 0.25) is 5.02 Å². The maximum atomic E-state index is 12.8. The van der Waals surface area contributed by atoms with Gasteiger partial charge in [-0.05, 0) is 61.1 Å². The number of aromatic nitrogens is 1. The minimum Gasteiger partial charge on any atom is -0.371 e. The minimum absolute atomic E-state index is 0.0809. The third-order valence-corrected chi connectivity index (χ3v) is 7.87. The van der Waals surface area contributed by atoms with Gasteiger partial charge in [-0.15, -0.1) is 11.3 Å². The molecule has 3 aromatic rings. The highest BCUT2D eigenvalue weighted by Crippen LogP contribution is 2.36. The summed E-state index contributed by atoms with van der Waals surface area (Å²) >= 11 is 7.56. The smallest absolute Gasteiger partial charge is 0.261 e. The van der Waals surface area contributed by atoms with E-state index in [4.69, 9.17) is 11.6 Å². The van der Waals surface area contributed by atoms with E-state index >= 15 is 0 Å². The topological polar surface area (TPSA) is 65.5 Å². The summed E-state index contributed by atoms with van der Waals surface area (Å²) in [5.41, 5.74) is 2.71. The molecule has 0 unspecified atom stereocenters. The monoisotopic (exact) mass is 480 g/mol. The van der Waals surface area contributed by atoms with Gasteiger partial charge < -0.3 is 10.2 Å². The summed E-state index contributed by atoms with van der Waals surface area (Å²) in [5, 5.41) is 4.29. The fourth-order valence-corrected chi connectivity index (χ4v) is 5.80. The number of hydrogen-bond donors (Lipinski definition) is 1. The van der Waals surface area contributed by atoms with E-state index in [1.165, 1.54) is 17.0 Å². The van der Waals surface area contributed by atoms with Gasteiger partial charge in [-0.2, -0.15) is 0 Å². The first-order valence-corrected chi connectivity index (χ1v) is 12.4. The first-order chi connectivity index (χ1) is 16.1. The number of amides is 2. The largest absolute Gasteiger partial charge is 0.371 e. The molecule has 2 aromatic heterocycles. The van der Waals surface area contributed by atoms with Crippen molar-refractivity contribution in [1.29, 1.82) is 0 Å². The lowest BCUT2D eigenvalue weighted by molar-refractivity contribution is 0.0953. The Morgan fingerprint density at radius 2 is 1.91 bits per heavy atom. The van der Waals surface area contributed by atoms with Crippen LogP contribution in [0.25, 0.3) is 0 Å². The van der Waals surface area contributed by atoms with Crippen LogP contribution in [-0.2, 0) is 6.54 Å². The van der Waals surface area contributed by atoms with Gasteiger partial charge in [0.05, 0.1) is 27.0 Å². The molecule has 4 heterocycles. The lowest BCUT2D eigenvalue weighted by atomic mass is 9.93. The number of halogens is 1. The van der Waals surface area contributed by atoms with Gasteiger partial charge in [0, 0.05) is 37.7 Å². The number of piperidine rings is 1. The Labute approximate surface area is 202 Å². The summed E-state index contributed by atoms with van der Waals surface area (Å²) in [4.78, 5) is 34.3. The average molecular weight is 481 g/mol. The van der Waals surface area contributed by atoms with E-state index in [1.807, 2.05) is 30.6 Å². The number of pyridine rings is 1. The number of rotatable bonds is 6. The molecule has 2 amide bonds. The molecular formula is C25H25ClN4O2S. The number of nitrogens with zero attached hydrogens (tertiary/aromatic N) is 3. The molecule has 0 atom stereocenters. The number of anilines is 2. The lowest BCUT2D eigenvalue weighted by Gasteiger charge is -2.33. The Kier molecular flexibility index (Phi) is 6.33. The number of benzene rings is 1. The molecular weight excluding hydrogens is 456 g/mol. The van der Waals surface area contributed by atoms with Gasteiger partial charge in [0.15, 0.2) is 0 Å². The van der Waals surface area contributed by atoms with E-state index in [2.05, 4.69) is 27.3 Å². The van der Waals surface area contributed by atoms with Crippen LogP contribution < -0.4 is 15.1 Å². The van der Waals surface area contributed by atoms with Crippen LogP contribution in [0.3, 0.4) is 0 Å². The van der Waals surface area contributed by atoms with Crippen molar-refractivity contribution in [3.05, 3.63) is 75.9 Å². The predicted octanol–water partition coefficient (Wildman–Crippen LogP) is 4.99. The Morgan fingerprint density at radius 1 is 1.12 bits per heavy atom. The highest BCUT2D eigenvalue weighted by molar-refractivity contribution is 7.18. The number of carbonyl (C=O) groups excluding carboxylic acids is 2. The van der Waals surface area contributed by atoms with Crippen LogP contribution in [0.4, 0.5) is 10.7 Å². The van der Waals surface area contributed by atoms with Gasteiger partial charge in [0.1, 0.15) is 0 Å². The Morgan fingerprint density at radius 3 is 2.67 bits per heavy atom. The standard InChI is InChI=1S/C25H25ClN4O2S/c26-20-3-1-2-18-16-30(25(32)23(18)20)22-5-4-21(33-22)24(31)28-13-6-17-9-14-29(15-10-17)19-7-11-27-12-8-19/h1-5,7-8,11-12,17H,6,9-10,13-16H2,(H,28,31). The van der Waals surface area contributed by atoms with Gasteiger partial charge in [0.25, 0.3) is 11.8 Å². The molecule has 1 fully saturated rings. The molecule has 2 aliphatic heterocycles. The highest BCUT2D eigenvalue weighted by Gasteiger charge is 2.31. The molecule has 0 saturated carbocycles. The maximum absolute atomic E-state index is 12.8. The van der Waals surface area contributed by atoms with E-state index in [9.17, 15) is 9.59 Å². The second-order valence-corrected chi connectivity index (χ2v) is 9.95. The van der Waals surface area contributed by atoms with Crippen LogP contribution in [0.15, 0.2) is 54.9 Å². The zero-order chi connectivity index (χ0) is 22.8. The Bertz CT molecular complexity index is 1160. The number of nitrogens with one attached hydrogen (secondary N) is 1. The summed E-state index contributed by atoms with van der Waals surface area (Å²) in [6, 6.07) is 13.2. The molecule has 1 N–H and O–H groups in total. The zero-order valence-corrected chi connectivity index (χ0v) is 19.7. The van der Waals surface area contributed by atoms with Gasteiger partial charge >= 0.3 is 0 Å². The third kappa shape index (κ3) is 4.61. The summed E-state index contributed by atoms with van der Waals surface area (Å²) in [6.07, 6.45) is 6.90. The fraction of sp³-hybridized carbons (Fsp3) is 0.320. The van der Waals surface area contributed by atoms with E-state index < -0.39 is 0 Å². The average Bonchev–Trinajstić information content (AvgIpc) is 3.46. The van der Waals surface area contributed by atoms with Crippen molar-refractivity contribution in [1.82, 2.24) is 10.3 Å². The van der Waals surface area contributed by atoms with Crippen molar-refractivity contribution >= 4 is 45.4 Å². The van der Waals surface area contributed by atoms with Gasteiger partial charge in [-0.25, -0.2) is 0 Å². The third-order valence-electron chi connectivity index (χ3n) is 6.45. The molecule has 2 aliphatic rings. The maximum Gasteiger partial charge on any atom is 0.261 e. The van der Waals surface area contributed by atoms with Crippen molar-refractivity contribution in [2.75, 3.05) is 29.4 Å². The first-order valence-electron chi connectivity index (χ1n) is 11.2. The molecule has 0 aliphatic carbocycles. The van der Waals surface area contributed by atoms with E-state index in [0.717, 1.165) is 42.9 Å². The van der Waals surface area contributed by atoms with Gasteiger partial charge in [-0.3, -0.25) is 19.5 Å². The fourth-order valence-electron chi connectivity index (χ4n) is 4.60. The summed E-state index contributed by atoms with van der Waals surface area (Å²) in [5.74, 6) is 0.429. The first kappa shape index (κ1) is 21.9. The Hall–Kier alpha value is -2.90. The van der Waals surface area contributed by atoms with E-state index in [1.54, 1.807) is 17.0 Å². The van der Waals surface area contributed by atoms with Crippen molar-refractivity contribution in [2.45, 2.75) is 25.8 Å². The molecule has 1 saturated heterocycles. The SMILES string of the molecule is O=C(NCCC1CCN(c2ccncc2)CC1)c1ccc(N2Cc3cccc(Cl)c3C2=O)s1. The molecule has 8 heteroatoms. The molecule has 5 rings (SSSR count). The summed E-state index contributed by atoms with van der Waals surface area (Å²) in [6.45, 7) is 3.21. The second-order valence-electron chi connectivity index (χ2n) is 8.48. The molecule has 33 heavy (non-hydrogen) atoms. The van der Waals surface area contributed by atoms with Crippen LogP contribution in [0, 0.1) is 5.92 Å². The normalized spacial score (nSPS) is 16.2. The van der Waals surface area contributed by atoms with E-state index in [-0.39, 0.29) is 11.8 Å². The molecule has 1 aromatic carbocycles. The highest BCUT2D eigenvalue weighted by atomic mass is 35.5. The summed E-state index contributed by atoms with van der Waals surface area (Å²) < 4.78 is 0. The van der Waals surface area contributed by atoms with E-state index in [0.29, 0.717) is 34.5 Å². The van der Waals surface area contributed by atoms with Crippen molar-refractivity contribution in [3.63, 3.8) is 0 Å². The van der Waals surface area contributed by atoms with Crippen molar-refractivity contribution < 1.29 is 9.59 Å². The summed E-state index contributed by atoms with van der Waals surface area (Å²) in [7, 11) is 0. The second kappa shape index (κ2) is 9.53. The van der Waals surface area contributed by atoms with Crippen molar-refractivity contribution in [3.8, 4) is 0 Å². The number of fused-ring (bicyclic) bond motifs is 1. The minimum atomic E-state index is -0.109. The van der Waals surface area contributed by atoms with Crippen LogP contribution in [0.1, 0.15) is 44.9 Å². The molecule has 170 valence electrons. The molecule has 0 bridgehead atoms. The Balaban J connectivity index is 1.11. The molecule has 0 radical (unpaired) electrons. The number of thiophene rings is 1. The molecule has 6 nitrogen and oxygen atoms in total. The predicted molar refractivity (Wildman–Crippen MR) is 132 cm³/mol. The zero-order valence-electron chi connectivity index (χ0n) is 18.2. The van der Waals surface area contributed by atoms with Crippen LogP contribution in [0.5, 0.6) is 0 Å². The van der Waals surface area contributed by atoms with Gasteiger partial charge in [-0.1, -0.05) is 23.7 Å². The number of carbonyl (C=O) groups is 2. The molecule has 0 spiro atoms. The lowest BCUT2D eigenvalue weighted by Crippen LogP contribution is -2.35. The quantitative estimate of drug-likeness (QED) is 0.539. The van der Waals surface area contributed by atoms with Crippen LogP contribution >= 0.6 is 22.9 Å². The van der Waals surface area contributed by atoms with Crippen molar-refractivity contribution in [2.24, 2.45) is 5.92 Å². The number of hydrogen-bond acceptors (Lipinski definition) is 5.